The summed E-state index contributed by atoms with van der Waals surface area (Å²) in [6.45, 7) is 0. The predicted molar refractivity (Wildman–Crippen MR) is 80.6 cm³/mol. The van der Waals surface area contributed by atoms with Gasteiger partial charge in [0, 0.05) is 0 Å². The summed E-state index contributed by atoms with van der Waals surface area (Å²) in [5.41, 5.74) is -0.630. The Bertz CT molecular complexity index is 946. The van der Waals surface area contributed by atoms with Crippen LogP contribution in [0.2, 0.25) is 0 Å². The van der Waals surface area contributed by atoms with E-state index in [4.69, 9.17) is 0 Å². The van der Waals surface area contributed by atoms with Crippen molar-refractivity contribution in [2.45, 2.75) is 9.79 Å². The number of nitrogens with zero attached hydrogens (tertiary/aromatic N) is 2. The van der Waals surface area contributed by atoms with E-state index in [0.29, 0.717) is 0 Å². The van der Waals surface area contributed by atoms with Crippen molar-refractivity contribution in [3.8, 4) is 0 Å². The quantitative estimate of drug-likeness (QED) is 0.375. The maximum absolute atomic E-state index is 12.3. The maximum atomic E-state index is 12.3. The minimum absolute atomic E-state index is 0.302. The van der Waals surface area contributed by atoms with Crippen LogP contribution in [0.1, 0.15) is 0 Å². The normalized spacial score (nSPS) is 11.5. The molecule has 0 aliphatic carbocycles. The Morgan fingerprint density at radius 2 is 0.920 bits per heavy atom. The van der Waals surface area contributed by atoms with E-state index >= 15 is 0 Å². The summed E-state index contributed by atoms with van der Waals surface area (Å²) < 4.78 is 49.2. The van der Waals surface area contributed by atoms with Gasteiger partial charge in [0.2, 0.25) is 0 Å². The molecule has 128 valence electrons. The molecule has 0 radical (unpaired) electrons. The van der Waals surface area contributed by atoms with Gasteiger partial charge in [-0.25, -0.2) is 0 Å². The standard InChI is InChI=1S/2C6H4NO4S.Zn/c2*8-7(9)5-1-3-6(4-2-5)12(10)11;/h2*1-4H;. The molecule has 0 heterocycles. The zero-order chi connectivity index (χ0) is 18.8. The Morgan fingerprint density at radius 3 is 1.16 bits per heavy atom. The molecule has 10 nitrogen and oxygen atoms in total. The molecule has 2 aromatic rings. The Balaban J connectivity index is 2.31. The first-order chi connectivity index (χ1) is 11.5. The fourth-order valence-corrected chi connectivity index (χ4v) is 21.0. The second kappa shape index (κ2) is 6.94. The van der Waals surface area contributed by atoms with Crippen molar-refractivity contribution in [1.82, 2.24) is 0 Å². The number of hydrogen-bond donors (Lipinski definition) is 0. The molecule has 13 heteroatoms. The topological polar surface area (TPSA) is 155 Å². The van der Waals surface area contributed by atoms with E-state index in [1.807, 2.05) is 0 Å². The number of nitro benzene ring substituents is 2. The molecule has 2 rings (SSSR count). The monoisotopic (exact) mass is 436 g/mol. The summed E-state index contributed by atoms with van der Waals surface area (Å²) in [6.07, 6.45) is 0. The number of rotatable bonds is 6. The van der Waals surface area contributed by atoms with E-state index in [1.54, 1.807) is 0 Å². The second-order valence-electron chi connectivity index (χ2n) is 4.85. The van der Waals surface area contributed by atoms with Gasteiger partial charge in [0.05, 0.1) is 0 Å². The molecule has 0 unspecified atom stereocenters. The average Bonchev–Trinajstić information content (AvgIpc) is 2.54. The van der Waals surface area contributed by atoms with Crippen LogP contribution in [0.5, 0.6) is 0 Å². The first-order valence-electron chi connectivity index (χ1n) is 6.47. The summed E-state index contributed by atoms with van der Waals surface area (Å²) >= 11 is -3.32. The molecule has 0 aliphatic heterocycles. The van der Waals surface area contributed by atoms with Crippen molar-refractivity contribution < 1.29 is 41.4 Å². The first-order valence-corrected chi connectivity index (χ1v) is 17.0. The zero-order valence-electron chi connectivity index (χ0n) is 12.3. The summed E-state index contributed by atoms with van der Waals surface area (Å²) in [5, 5.41) is 21.2. The molecule has 0 bridgehead atoms. The van der Waals surface area contributed by atoms with Crippen molar-refractivity contribution in [2.24, 2.45) is 0 Å². The summed E-state index contributed by atoms with van der Waals surface area (Å²) in [4.78, 5) is 19.1. The molecule has 0 aliphatic rings. The van der Waals surface area contributed by atoms with Crippen LogP contribution in [-0.4, -0.2) is 26.7 Å². The van der Waals surface area contributed by atoms with E-state index in [0.717, 1.165) is 48.5 Å². The molecule has 25 heavy (non-hydrogen) atoms. The fraction of sp³-hybridized carbons (Fsp3) is 0. The van der Waals surface area contributed by atoms with Crippen LogP contribution in [0, 0.1) is 20.2 Å². The third-order valence-corrected chi connectivity index (χ3v) is 23.5. The SMILES string of the molecule is O=[N+]([O-])c1ccc([S](=O)(=O)[Zn][S](=O)(=O)c2ccc([N+](=O)[O-])cc2)cc1. The van der Waals surface area contributed by atoms with E-state index in [1.165, 1.54) is 0 Å². The third kappa shape index (κ3) is 4.44. The molecule has 0 amide bonds. The van der Waals surface area contributed by atoms with E-state index in [-0.39, 0.29) is 21.2 Å². The van der Waals surface area contributed by atoms with E-state index in [2.05, 4.69) is 0 Å². The van der Waals surface area contributed by atoms with Crippen molar-refractivity contribution in [3.05, 3.63) is 68.8 Å². The Labute approximate surface area is 146 Å². The van der Waals surface area contributed by atoms with Gasteiger partial charge in [-0.05, 0) is 0 Å². The van der Waals surface area contributed by atoms with Gasteiger partial charge in [-0.2, -0.15) is 0 Å². The van der Waals surface area contributed by atoms with E-state index in [9.17, 15) is 37.1 Å². The fourth-order valence-electron chi connectivity index (χ4n) is 1.89. The van der Waals surface area contributed by atoms with Crippen molar-refractivity contribution in [2.75, 3.05) is 0 Å². The summed E-state index contributed by atoms with van der Waals surface area (Å²) in [5.74, 6) is 0. The predicted octanol–water partition coefficient (Wildman–Crippen LogP) is 1.66. The molecule has 0 saturated heterocycles. The second-order valence-corrected chi connectivity index (χ2v) is 23.2. The van der Waals surface area contributed by atoms with Crippen LogP contribution in [0.4, 0.5) is 11.4 Å². The van der Waals surface area contributed by atoms with Crippen LogP contribution >= 0.6 is 0 Å². The molecule has 0 aromatic heterocycles. The molecule has 0 saturated carbocycles. The van der Waals surface area contributed by atoms with E-state index < -0.39 is 40.2 Å². The van der Waals surface area contributed by atoms with Crippen LogP contribution < -0.4 is 0 Å². The van der Waals surface area contributed by atoms with Gasteiger partial charge in [-0.15, -0.1) is 0 Å². The Hall–Kier alpha value is -2.24. The summed E-state index contributed by atoms with van der Waals surface area (Å²) in [7, 11) is -8.18. The van der Waals surface area contributed by atoms with Gasteiger partial charge >= 0.3 is 147 Å². The van der Waals surface area contributed by atoms with Crippen molar-refractivity contribution in [1.29, 1.82) is 0 Å². The first kappa shape index (κ1) is 19.1. The van der Waals surface area contributed by atoms with Crippen molar-refractivity contribution >= 4 is 27.0 Å². The zero-order valence-corrected chi connectivity index (χ0v) is 16.9. The molecular formula is C12H8N2O8S2Zn. The number of benzene rings is 2. The van der Waals surface area contributed by atoms with Crippen LogP contribution in [0.3, 0.4) is 0 Å². The molecule has 0 spiro atoms. The molecule has 0 atom stereocenters. The molecule has 0 N–H and O–H groups in total. The van der Waals surface area contributed by atoms with Gasteiger partial charge in [-0.1, -0.05) is 0 Å². The van der Waals surface area contributed by atoms with Gasteiger partial charge in [0.25, 0.3) is 0 Å². The van der Waals surface area contributed by atoms with Gasteiger partial charge in [-0.3, -0.25) is 0 Å². The summed E-state index contributed by atoms with van der Waals surface area (Å²) in [6, 6.07) is 7.88. The number of hydrogen-bond acceptors (Lipinski definition) is 8. The number of non-ortho nitro benzene ring substituents is 2. The van der Waals surface area contributed by atoms with Crippen LogP contribution in [-0.2, 0) is 30.3 Å². The Kier molecular flexibility index (Phi) is 5.30. The van der Waals surface area contributed by atoms with Crippen LogP contribution in [0.25, 0.3) is 0 Å². The molecule has 2 aromatic carbocycles. The van der Waals surface area contributed by atoms with Crippen molar-refractivity contribution in [3.63, 3.8) is 0 Å². The third-order valence-electron chi connectivity index (χ3n) is 3.12. The number of nitro groups is 2. The average molecular weight is 438 g/mol. The molecule has 0 fully saturated rings. The minimum atomic E-state index is -4.09. The molecular weight excluding hydrogens is 430 g/mol. The van der Waals surface area contributed by atoms with Gasteiger partial charge in [0.1, 0.15) is 0 Å². The Morgan fingerprint density at radius 1 is 0.640 bits per heavy atom. The van der Waals surface area contributed by atoms with Crippen LogP contribution in [0.15, 0.2) is 58.3 Å². The van der Waals surface area contributed by atoms with Gasteiger partial charge < -0.3 is 0 Å². The van der Waals surface area contributed by atoms with Gasteiger partial charge in [0.15, 0.2) is 0 Å².